The molecule has 0 aliphatic carbocycles. The number of nitrogens with zero attached hydrogens (tertiary/aromatic N) is 3. The second kappa shape index (κ2) is 6.53. The first kappa shape index (κ1) is 14.5. The zero-order chi connectivity index (χ0) is 14.7. The molecule has 114 valence electrons. The molecule has 6 nitrogen and oxygen atoms in total. The summed E-state index contributed by atoms with van der Waals surface area (Å²) in [6, 6.07) is 0.0000463. The maximum Gasteiger partial charge on any atom is 0.249 e. The zero-order valence-electron chi connectivity index (χ0n) is 12.3. The lowest BCUT2D eigenvalue weighted by molar-refractivity contribution is 0.0571. The number of anilines is 1. The van der Waals surface area contributed by atoms with E-state index in [1.165, 1.54) is 0 Å². The van der Waals surface area contributed by atoms with E-state index in [1.807, 2.05) is 5.38 Å². The van der Waals surface area contributed by atoms with Gasteiger partial charge in [-0.05, 0) is 18.8 Å². The van der Waals surface area contributed by atoms with Crippen LogP contribution in [0.4, 0.5) is 5.13 Å². The van der Waals surface area contributed by atoms with Crippen molar-refractivity contribution in [3.8, 4) is 0 Å². The maximum atomic E-state index is 5.50. The summed E-state index contributed by atoms with van der Waals surface area (Å²) < 4.78 is 11.0. The molecule has 0 bridgehead atoms. The Labute approximate surface area is 127 Å². The fraction of sp³-hybridized carbons (Fsp3) is 0.643. The summed E-state index contributed by atoms with van der Waals surface area (Å²) in [6.07, 6.45) is 3.77. The molecular weight excluding hydrogens is 288 g/mol. The molecule has 21 heavy (non-hydrogen) atoms. The van der Waals surface area contributed by atoms with Gasteiger partial charge in [-0.1, -0.05) is 19.0 Å². The Balaban J connectivity index is 1.82. The summed E-state index contributed by atoms with van der Waals surface area (Å²) in [4.78, 5) is 8.87. The maximum absolute atomic E-state index is 5.50. The van der Waals surface area contributed by atoms with Crippen molar-refractivity contribution in [2.45, 2.75) is 38.6 Å². The minimum Gasteiger partial charge on any atom is -0.381 e. The fourth-order valence-corrected chi connectivity index (χ4v) is 3.03. The van der Waals surface area contributed by atoms with E-state index in [1.54, 1.807) is 17.5 Å². The Morgan fingerprint density at radius 2 is 2.14 bits per heavy atom. The SMILES string of the molecule is CC(C)c1noc(C(Nc2nccs2)C2CCOCC2)n1. The largest absolute Gasteiger partial charge is 0.381 e. The van der Waals surface area contributed by atoms with Gasteiger partial charge in [-0.25, -0.2) is 4.98 Å². The van der Waals surface area contributed by atoms with Crippen LogP contribution >= 0.6 is 11.3 Å². The zero-order valence-corrected chi connectivity index (χ0v) is 13.1. The Hall–Kier alpha value is -1.47. The monoisotopic (exact) mass is 308 g/mol. The standard InChI is InChI=1S/C14H20N4O2S/c1-9(2)12-17-13(20-18-12)11(10-3-6-19-7-4-10)16-14-15-5-8-21-14/h5,8-11H,3-4,6-7H2,1-2H3,(H,15,16). The smallest absolute Gasteiger partial charge is 0.249 e. The van der Waals surface area contributed by atoms with Crippen molar-refractivity contribution in [2.24, 2.45) is 5.92 Å². The van der Waals surface area contributed by atoms with Crippen LogP contribution in [0.1, 0.15) is 50.4 Å². The molecule has 2 aromatic rings. The fourth-order valence-electron chi connectivity index (χ4n) is 2.47. The van der Waals surface area contributed by atoms with Crippen molar-refractivity contribution in [3.05, 3.63) is 23.3 Å². The molecule has 1 unspecified atom stereocenters. The van der Waals surface area contributed by atoms with Crippen LogP contribution in [0.15, 0.2) is 16.1 Å². The van der Waals surface area contributed by atoms with Gasteiger partial charge in [0.15, 0.2) is 11.0 Å². The Morgan fingerprint density at radius 3 is 2.76 bits per heavy atom. The Bertz CT molecular complexity index is 549. The molecule has 1 fully saturated rings. The van der Waals surface area contributed by atoms with E-state index >= 15 is 0 Å². The molecule has 0 amide bonds. The first-order valence-electron chi connectivity index (χ1n) is 7.31. The lowest BCUT2D eigenvalue weighted by Gasteiger charge is -2.28. The van der Waals surface area contributed by atoms with Gasteiger partial charge in [0.2, 0.25) is 5.89 Å². The number of aromatic nitrogens is 3. The van der Waals surface area contributed by atoms with Gasteiger partial charge in [0.05, 0.1) is 0 Å². The van der Waals surface area contributed by atoms with Crippen LogP contribution in [0.5, 0.6) is 0 Å². The van der Waals surface area contributed by atoms with Crippen LogP contribution in [-0.4, -0.2) is 28.3 Å². The molecule has 1 aliphatic rings. The third-order valence-electron chi connectivity index (χ3n) is 3.69. The van der Waals surface area contributed by atoms with Crippen molar-refractivity contribution < 1.29 is 9.26 Å². The van der Waals surface area contributed by atoms with Gasteiger partial charge in [0.25, 0.3) is 0 Å². The predicted octanol–water partition coefficient (Wildman–Crippen LogP) is 3.23. The van der Waals surface area contributed by atoms with Gasteiger partial charge in [-0.2, -0.15) is 4.98 Å². The molecule has 0 spiro atoms. The van der Waals surface area contributed by atoms with Gasteiger partial charge < -0.3 is 14.6 Å². The topological polar surface area (TPSA) is 73.1 Å². The van der Waals surface area contributed by atoms with Crippen molar-refractivity contribution in [1.29, 1.82) is 0 Å². The number of ether oxygens (including phenoxy) is 1. The molecule has 0 radical (unpaired) electrons. The molecule has 0 saturated carbocycles. The highest BCUT2D eigenvalue weighted by Crippen LogP contribution is 2.33. The third-order valence-corrected chi connectivity index (χ3v) is 4.39. The number of hydrogen-bond donors (Lipinski definition) is 1. The van der Waals surface area contributed by atoms with Gasteiger partial charge in [-0.15, -0.1) is 11.3 Å². The molecule has 2 aromatic heterocycles. The van der Waals surface area contributed by atoms with Crippen molar-refractivity contribution in [2.75, 3.05) is 18.5 Å². The number of nitrogens with one attached hydrogen (secondary N) is 1. The van der Waals surface area contributed by atoms with Gasteiger partial charge in [0, 0.05) is 30.7 Å². The van der Waals surface area contributed by atoms with Crippen molar-refractivity contribution in [3.63, 3.8) is 0 Å². The summed E-state index contributed by atoms with van der Waals surface area (Å²) in [5.74, 6) is 2.09. The van der Waals surface area contributed by atoms with Crippen molar-refractivity contribution >= 4 is 16.5 Å². The first-order valence-corrected chi connectivity index (χ1v) is 8.19. The minimum absolute atomic E-state index is 0.0000463. The van der Waals surface area contributed by atoms with E-state index in [2.05, 4.69) is 34.3 Å². The van der Waals surface area contributed by atoms with Crippen molar-refractivity contribution in [1.82, 2.24) is 15.1 Å². The van der Waals surface area contributed by atoms with Crippen LogP contribution in [0.2, 0.25) is 0 Å². The van der Waals surface area contributed by atoms with E-state index in [9.17, 15) is 0 Å². The van der Waals surface area contributed by atoms with Crippen LogP contribution < -0.4 is 5.32 Å². The number of hydrogen-bond acceptors (Lipinski definition) is 7. The average Bonchev–Trinajstić information content (AvgIpc) is 3.17. The average molecular weight is 308 g/mol. The lowest BCUT2D eigenvalue weighted by Crippen LogP contribution is -2.27. The highest BCUT2D eigenvalue weighted by molar-refractivity contribution is 7.13. The third kappa shape index (κ3) is 3.41. The molecule has 1 saturated heterocycles. The molecule has 0 aromatic carbocycles. The quantitative estimate of drug-likeness (QED) is 0.914. The lowest BCUT2D eigenvalue weighted by atomic mass is 9.91. The summed E-state index contributed by atoms with van der Waals surface area (Å²) in [7, 11) is 0. The second-order valence-electron chi connectivity index (χ2n) is 5.55. The normalized spacial score (nSPS) is 18.0. The molecular formula is C14H20N4O2S. The highest BCUT2D eigenvalue weighted by Gasteiger charge is 2.30. The Kier molecular flexibility index (Phi) is 4.50. The number of thiazole rings is 1. The second-order valence-corrected chi connectivity index (χ2v) is 6.45. The van der Waals surface area contributed by atoms with E-state index in [-0.39, 0.29) is 12.0 Å². The van der Waals surface area contributed by atoms with Crippen LogP contribution in [-0.2, 0) is 4.74 Å². The summed E-state index contributed by atoms with van der Waals surface area (Å²) >= 11 is 1.58. The van der Waals surface area contributed by atoms with Gasteiger partial charge in [0.1, 0.15) is 6.04 Å². The summed E-state index contributed by atoms with van der Waals surface area (Å²) in [6.45, 7) is 5.69. The van der Waals surface area contributed by atoms with Crippen LogP contribution in [0.25, 0.3) is 0 Å². The molecule has 3 heterocycles. The summed E-state index contributed by atoms with van der Waals surface area (Å²) in [5.41, 5.74) is 0. The van der Waals surface area contributed by atoms with Gasteiger partial charge in [-0.3, -0.25) is 0 Å². The van der Waals surface area contributed by atoms with E-state index in [4.69, 9.17) is 9.26 Å². The van der Waals surface area contributed by atoms with Crippen LogP contribution in [0.3, 0.4) is 0 Å². The summed E-state index contributed by atoms with van der Waals surface area (Å²) in [5, 5.41) is 10.4. The van der Waals surface area contributed by atoms with Crippen LogP contribution in [0, 0.1) is 5.92 Å². The van der Waals surface area contributed by atoms with E-state index in [0.717, 1.165) is 37.0 Å². The van der Waals surface area contributed by atoms with E-state index in [0.29, 0.717) is 11.8 Å². The first-order chi connectivity index (χ1) is 10.2. The Morgan fingerprint density at radius 1 is 1.33 bits per heavy atom. The highest BCUT2D eigenvalue weighted by atomic mass is 32.1. The molecule has 7 heteroatoms. The molecule has 3 rings (SSSR count). The molecule has 1 atom stereocenters. The molecule has 1 N–H and O–H groups in total. The molecule has 1 aliphatic heterocycles. The predicted molar refractivity (Wildman–Crippen MR) is 80.4 cm³/mol. The van der Waals surface area contributed by atoms with E-state index < -0.39 is 0 Å². The van der Waals surface area contributed by atoms with Gasteiger partial charge >= 0.3 is 0 Å². The minimum atomic E-state index is 0.0000463. The number of rotatable bonds is 5.